The second kappa shape index (κ2) is 12.6. The molecule has 156 valence electrons. The van der Waals surface area contributed by atoms with E-state index in [1.54, 1.807) is 0 Å². The molecule has 1 N–H and O–H groups in total. The Balaban J connectivity index is 2.12. The molecule has 2 rings (SSSR count). The molecule has 4 heteroatoms. The Morgan fingerprint density at radius 1 is 1.04 bits per heavy atom. The van der Waals surface area contributed by atoms with Gasteiger partial charge in [-0.1, -0.05) is 42.8 Å². The normalized spacial score (nSPS) is 25.4. The topological polar surface area (TPSA) is 58.9 Å². The lowest BCUT2D eigenvalue weighted by molar-refractivity contribution is -0.117. The van der Waals surface area contributed by atoms with Crippen LogP contribution in [-0.4, -0.2) is 23.2 Å². The van der Waals surface area contributed by atoms with Crippen molar-refractivity contribution in [2.24, 2.45) is 17.0 Å². The van der Waals surface area contributed by atoms with Gasteiger partial charge >= 0.3 is 0 Å². The Morgan fingerprint density at radius 2 is 1.75 bits per heavy atom. The van der Waals surface area contributed by atoms with Gasteiger partial charge in [0.2, 0.25) is 0 Å². The number of aliphatic hydroxyl groups excluding tert-OH is 1. The molecule has 2 aliphatic rings. The number of nitrogens with zero attached hydrogens (tertiary/aromatic N) is 1. The van der Waals surface area contributed by atoms with E-state index in [4.69, 9.17) is 4.84 Å². The number of hydrogen-bond donors (Lipinski definition) is 1. The molecule has 0 amide bonds. The van der Waals surface area contributed by atoms with Gasteiger partial charge in [-0.3, -0.25) is 4.79 Å². The van der Waals surface area contributed by atoms with Crippen LogP contribution < -0.4 is 0 Å². The smallest absolute Gasteiger partial charge is 0.168 e. The first-order valence-corrected chi connectivity index (χ1v) is 11.1. The summed E-state index contributed by atoms with van der Waals surface area (Å²) >= 11 is 0. The van der Waals surface area contributed by atoms with Crippen LogP contribution in [0.1, 0.15) is 84.5 Å². The van der Waals surface area contributed by atoms with Crippen LogP contribution in [0.5, 0.6) is 0 Å². The molecule has 0 fully saturated rings. The molecule has 0 aliphatic heterocycles. The minimum atomic E-state index is 0.0298. The maximum Gasteiger partial charge on any atom is 0.168 e. The largest absolute Gasteiger partial charge is 0.511 e. The van der Waals surface area contributed by atoms with E-state index in [0.29, 0.717) is 43.1 Å². The molecule has 2 atom stereocenters. The monoisotopic (exact) mass is 387 g/mol. The standard InChI is InChI=1S/C24H37NO3/c1-3-14-21(25-28-4-2)24-22(26)17-20(18-23(24)27)19-15-12-10-8-6-5-7-9-11-13-16-19/h6,8-9,11,19-20,26H,3-5,7,10,12-18H2,1-2H3. The first-order chi connectivity index (χ1) is 13.7. The van der Waals surface area contributed by atoms with Crippen LogP contribution in [0.2, 0.25) is 0 Å². The van der Waals surface area contributed by atoms with Gasteiger partial charge in [0.25, 0.3) is 0 Å². The predicted octanol–water partition coefficient (Wildman–Crippen LogP) is 6.44. The lowest BCUT2D eigenvalue weighted by Crippen LogP contribution is -2.29. The van der Waals surface area contributed by atoms with Gasteiger partial charge in [0.15, 0.2) is 5.78 Å². The molecule has 0 bridgehead atoms. The van der Waals surface area contributed by atoms with E-state index in [1.165, 1.54) is 0 Å². The average molecular weight is 388 g/mol. The summed E-state index contributed by atoms with van der Waals surface area (Å²) in [5, 5.41) is 14.9. The van der Waals surface area contributed by atoms with Crippen LogP contribution in [0.25, 0.3) is 0 Å². The van der Waals surface area contributed by atoms with E-state index in [2.05, 4.69) is 29.5 Å². The van der Waals surface area contributed by atoms with Gasteiger partial charge in [-0.2, -0.15) is 0 Å². The predicted molar refractivity (Wildman–Crippen MR) is 115 cm³/mol. The first-order valence-electron chi connectivity index (χ1n) is 11.1. The Kier molecular flexibility index (Phi) is 10.1. The van der Waals surface area contributed by atoms with Gasteiger partial charge in [-0.05, 0) is 70.1 Å². The van der Waals surface area contributed by atoms with Crippen LogP contribution >= 0.6 is 0 Å². The molecule has 0 saturated heterocycles. The van der Waals surface area contributed by atoms with Gasteiger partial charge in [0.1, 0.15) is 12.4 Å². The molecule has 4 nitrogen and oxygen atoms in total. The second-order valence-electron chi connectivity index (χ2n) is 7.91. The summed E-state index contributed by atoms with van der Waals surface area (Å²) in [6.45, 7) is 4.37. The molecule has 0 heterocycles. The van der Waals surface area contributed by atoms with Crippen molar-refractivity contribution >= 4 is 11.5 Å². The number of rotatable bonds is 6. The van der Waals surface area contributed by atoms with E-state index >= 15 is 0 Å². The third-order valence-electron chi connectivity index (χ3n) is 5.70. The van der Waals surface area contributed by atoms with Gasteiger partial charge < -0.3 is 9.94 Å². The van der Waals surface area contributed by atoms with Crippen molar-refractivity contribution in [2.45, 2.75) is 84.5 Å². The molecule has 0 aromatic heterocycles. The van der Waals surface area contributed by atoms with E-state index in [9.17, 15) is 9.90 Å². The molecule has 0 spiro atoms. The van der Waals surface area contributed by atoms with Gasteiger partial charge in [0.05, 0.1) is 11.3 Å². The summed E-state index contributed by atoms with van der Waals surface area (Å²) in [7, 11) is 0. The van der Waals surface area contributed by atoms with Gasteiger partial charge in [-0.15, -0.1) is 0 Å². The summed E-state index contributed by atoms with van der Waals surface area (Å²) in [6.07, 6.45) is 19.5. The Labute approximate surface area is 170 Å². The summed E-state index contributed by atoms with van der Waals surface area (Å²) in [4.78, 5) is 18.1. The van der Waals surface area contributed by atoms with Gasteiger partial charge in [-0.25, -0.2) is 0 Å². The van der Waals surface area contributed by atoms with Crippen LogP contribution in [0, 0.1) is 11.8 Å². The second-order valence-corrected chi connectivity index (χ2v) is 7.91. The molecular formula is C24H37NO3. The molecule has 0 radical (unpaired) electrons. The summed E-state index contributed by atoms with van der Waals surface area (Å²) in [5.41, 5.74) is 1.03. The Bertz CT molecular complexity index is 615. The SMILES string of the molecule is CCCC(=NOCC)C1=C(O)CC(C2CCC=CCCC=CCCC2)CC1=O. The highest BCUT2D eigenvalue weighted by Gasteiger charge is 2.34. The van der Waals surface area contributed by atoms with E-state index in [-0.39, 0.29) is 17.5 Å². The highest BCUT2D eigenvalue weighted by atomic mass is 16.6. The Hall–Kier alpha value is -1.84. The lowest BCUT2D eigenvalue weighted by Gasteiger charge is -2.31. The van der Waals surface area contributed by atoms with Crippen molar-refractivity contribution in [3.8, 4) is 0 Å². The quantitative estimate of drug-likeness (QED) is 0.324. The molecule has 0 aromatic carbocycles. The minimum Gasteiger partial charge on any atom is -0.511 e. The van der Waals surface area contributed by atoms with Crippen molar-refractivity contribution in [3.63, 3.8) is 0 Å². The van der Waals surface area contributed by atoms with Crippen LogP contribution in [-0.2, 0) is 9.63 Å². The lowest BCUT2D eigenvalue weighted by atomic mass is 9.74. The maximum atomic E-state index is 12.9. The third-order valence-corrected chi connectivity index (χ3v) is 5.70. The fraction of sp³-hybridized carbons (Fsp3) is 0.667. The van der Waals surface area contributed by atoms with E-state index < -0.39 is 0 Å². The third kappa shape index (κ3) is 6.96. The fourth-order valence-electron chi connectivity index (χ4n) is 4.27. The zero-order valence-corrected chi connectivity index (χ0v) is 17.7. The summed E-state index contributed by atoms with van der Waals surface area (Å²) in [5.74, 6) is 0.951. The number of carbonyl (C=O) groups excluding carboxylic acids is 1. The van der Waals surface area contributed by atoms with Gasteiger partial charge in [0, 0.05) is 12.8 Å². The zero-order valence-electron chi connectivity index (χ0n) is 17.7. The maximum absolute atomic E-state index is 12.9. The van der Waals surface area contributed by atoms with Crippen molar-refractivity contribution in [1.82, 2.24) is 0 Å². The van der Waals surface area contributed by atoms with Crippen molar-refractivity contribution in [2.75, 3.05) is 6.61 Å². The fourth-order valence-corrected chi connectivity index (χ4v) is 4.27. The average Bonchev–Trinajstić information content (AvgIpc) is 2.66. The molecule has 0 aromatic rings. The van der Waals surface area contributed by atoms with Crippen LogP contribution in [0.3, 0.4) is 0 Å². The van der Waals surface area contributed by atoms with Crippen LogP contribution in [0.4, 0.5) is 0 Å². The number of aliphatic hydroxyl groups is 1. The minimum absolute atomic E-state index is 0.0298. The number of ketones is 1. The number of carbonyl (C=O) groups is 1. The molecule has 0 saturated carbocycles. The molecule has 2 aliphatic carbocycles. The zero-order chi connectivity index (χ0) is 20.2. The van der Waals surface area contributed by atoms with E-state index in [0.717, 1.165) is 51.4 Å². The van der Waals surface area contributed by atoms with Crippen LogP contribution in [0.15, 0.2) is 40.8 Å². The number of hydrogen-bond acceptors (Lipinski definition) is 4. The molecule has 2 unspecified atom stereocenters. The first kappa shape index (κ1) is 22.4. The molecular weight excluding hydrogens is 350 g/mol. The highest BCUT2D eigenvalue weighted by molar-refractivity contribution is 6.23. The molecule has 28 heavy (non-hydrogen) atoms. The van der Waals surface area contributed by atoms with Crippen molar-refractivity contribution in [3.05, 3.63) is 35.6 Å². The summed E-state index contributed by atoms with van der Waals surface area (Å²) < 4.78 is 0. The number of oxime groups is 1. The summed E-state index contributed by atoms with van der Waals surface area (Å²) in [6, 6.07) is 0. The van der Waals surface area contributed by atoms with Crippen molar-refractivity contribution < 1.29 is 14.7 Å². The number of Topliss-reactive ketones (excluding diaryl/α,β-unsaturated/α-hetero) is 1. The number of allylic oxidation sites excluding steroid dienone is 6. The highest BCUT2D eigenvalue weighted by Crippen LogP contribution is 2.37. The van der Waals surface area contributed by atoms with Crippen molar-refractivity contribution in [1.29, 1.82) is 0 Å². The Morgan fingerprint density at radius 3 is 2.43 bits per heavy atom. The van der Waals surface area contributed by atoms with E-state index in [1.807, 2.05) is 13.8 Å².